The van der Waals surface area contributed by atoms with Crippen molar-refractivity contribution >= 4 is 34.9 Å². The van der Waals surface area contributed by atoms with Gasteiger partial charge in [-0.15, -0.1) is 0 Å². The number of nitrogens with one attached hydrogen (secondary N) is 1. The van der Waals surface area contributed by atoms with Crippen LogP contribution in [-0.4, -0.2) is 44.5 Å². The van der Waals surface area contributed by atoms with E-state index < -0.39 is 5.82 Å². The van der Waals surface area contributed by atoms with Gasteiger partial charge in [-0.3, -0.25) is 4.99 Å². The predicted molar refractivity (Wildman–Crippen MR) is 131 cm³/mol. The lowest BCUT2D eigenvalue weighted by Gasteiger charge is -2.26. The smallest absolute Gasteiger partial charge is 0.162 e. The fourth-order valence-electron chi connectivity index (χ4n) is 3.78. The summed E-state index contributed by atoms with van der Waals surface area (Å²) in [6.07, 6.45) is 6.55. The van der Waals surface area contributed by atoms with E-state index in [1.54, 1.807) is 19.4 Å². The molecule has 2 aromatic rings. The molecule has 5 nitrogen and oxygen atoms in total. The molecular weight excluding hydrogens is 429 g/mol. The first-order valence-electron chi connectivity index (χ1n) is 11.0. The molecule has 1 heterocycles. The van der Waals surface area contributed by atoms with Crippen LogP contribution in [0.15, 0.2) is 41.9 Å². The van der Waals surface area contributed by atoms with E-state index in [1.807, 2.05) is 19.1 Å². The topological polar surface area (TPSA) is 46.1 Å². The fourth-order valence-corrected chi connectivity index (χ4v) is 3.96. The Bertz CT molecular complexity index is 958. The molecule has 3 rings (SSSR count). The van der Waals surface area contributed by atoms with E-state index in [9.17, 15) is 4.39 Å². The zero-order chi connectivity index (χ0) is 22.9. The number of methoxy groups -OCH3 is 1. The van der Waals surface area contributed by atoms with Gasteiger partial charge in [0, 0.05) is 35.8 Å². The minimum Gasteiger partial charge on any atom is -0.493 e. The predicted octanol–water partition coefficient (Wildman–Crippen LogP) is 6.55. The number of hydrogen-bond donors (Lipinski definition) is 1. The van der Waals surface area contributed by atoms with Crippen LogP contribution in [0.5, 0.6) is 11.5 Å². The molecule has 1 N–H and O–H groups in total. The quantitative estimate of drug-likeness (QED) is 0.323. The van der Waals surface area contributed by atoms with Crippen molar-refractivity contribution in [3.05, 3.63) is 53.3 Å². The van der Waals surface area contributed by atoms with E-state index in [0.717, 1.165) is 18.5 Å². The first-order chi connectivity index (χ1) is 15.5. The summed E-state index contributed by atoms with van der Waals surface area (Å²) >= 11 is 5.91. The molecule has 7 heteroatoms. The van der Waals surface area contributed by atoms with Gasteiger partial charge in [-0.05, 0) is 63.5 Å². The molecule has 0 atom stereocenters. The molecule has 1 aliphatic rings. The van der Waals surface area contributed by atoms with Crippen LogP contribution in [0.1, 0.15) is 38.2 Å². The van der Waals surface area contributed by atoms with Crippen molar-refractivity contribution in [2.24, 2.45) is 4.99 Å². The average molecular weight is 460 g/mol. The zero-order valence-corrected chi connectivity index (χ0v) is 19.6. The maximum absolute atomic E-state index is 13.5. The van der Waals surface area contributed by atoms with Gasteiger partial charge in [-0.25, -0.2) is 4.39 Å². The highest BCUT2D eigenvalue weighted by Crippen LogP contribution is 2.38. The molecule has 1 saturated heterocycles. The maximum Gasteiger partial charge on any atom is 0.162 e. The highest BCUT2D eigenvalue weighted by Gasteiger charge is 2.15. The van der Waals surface area contributed by atoms with Gasteiger partial charge in [0.2, 0.25) is 0 Å². The van der Waals surface area contributed by atoms with E-state index in [1.165, 1.54) is 44.5 Å². The third-order valence-corrected chi connectivity index (χ3v) is 5.70. The Labute approximate surface area is 194 Å². The van der Waals surface area contributed by atoms with E-state index in [-0.39, 0.29) is 5.02 Å². The second kappa shape index (κ2) is 11.9. The molecule has 172 valence electrons. The summed E-state index contributed by atoms with van der Waals surface area (Å²) in [4.78, 5) is 6.95. The number of benzene rings is 2. The number of piperidine rings is 1. The standard InChI is InChI=1S/C25H31ClFN3O2/c1-4-28-23-17-24(31-3)25(32-14-8-13-30-11-6-5-7-12-30)16-20(23)18(2)29-19-9-10-22(27)21(26)15-19/h4,9-10,15-17,29H,2,5-8,11-14H2,1,3H3/b28-4-. The SMILES string of the molecule is C=C(Nc1ccc(F)c(Cl)c1)c1cc(OCCCN2CCCCC2)c(OC)cc1/N=C\C. The third-order valence-electron chi connectivity index (χ3n) is 5.42. The molecule has 1 aliphatic heterocycles. The first-order valence-corrected chi connectivity index (χ1v) is 11.4. The molecule has 0 unspecified atom stereocenters. The number of anilines is 1. The van der Waals surface area contributed by atoms with Crippen molar-refractivity contribution < 1.29 is 13.9 Å². The van der Waals surface area contributed by atoms with Crippen LogP contribution >= 0.6 is 11.6 Å². The third kappa shape index (κ3) is 6.47. The summed E-state index contributed by atoms with van der Waals surface area (Å²) in [6, 6.07) is 8.15. The summed E-state index contributed by atoms with van der Waals surface area (Å²) in [6.45, 7) is 9.97. The largest absolute Gasteiger partial charge is 0.493 e. The number of ether oxygens (including phenoxy) is 2. The van der Waals surface area contributed by atoms with Gasteiger partial charge in [0.05, 0.1) is 24.4 Å². The highest BCUT2D eigenvalue weighted by atomic mass is 35.5. The van der Waals surface area contributed by atoms with Gasteiger partial charge in [-0.2, -0.15) is 0 Å². The van der Waals surface area contributed by atoms with Crippen molar-refractivity contribution in [3.8, 4) is 11.5 Å². The van der Waals surface area contributed by atoms with Gasteiger partial charge in [-0.1, -0.05) is 24.6 Å². The Morgan fingerprint density at radius 3 is 2.69 bits per heavy atom. The minimum atomic E-state index is -0.469. The fraction of sp³-hybridized carbons (Fsp3) is 0.400. The monoisotopic (exact) mass is 459 g/mol. The summed E-state index contributed by atoms with van der Waals surface area (Å²) in [5.74, 6) is 0.782. The maximum atomic E-state index is 13.5. The Hall–Kier alpha value is -2.57. The van der Waals surface area contributed by atoms with E-state index in [0.29, 0.717) is 35.2 Å². The zero-order valence-electron chi connectivity index (χ0n) is 18.8. The van der Waals surface area contributed by atoms with E-state index in [2.05, 4.69) is 21.8 Å². The molecule has 0 spiro atoms. The summed E-state index contributed by atoms with van der Waals surface area (Å²) in [5.41, 5.74) is 2.67. The minimum absolute atomic E-state index is 0.0436. The molecule has 0 aromatic heterocycles. The number of rotatable bonds is 10. The van der Waals surface area contributed by atoms with Crippen LogP contribution in [0.25, 0.3) is 5.70 Å². The second-order valence-corrected chi connectivity index (χ2v) is 8.15. The second-order valence-electron chi connectivity index (χ2n) is 7.74. The number of nitrogens with zero attached hydrogens (tertiary/aromatic N) is 2. The normalized spacial score (nSPS) is 14.5. The molecule has 0 radical (unpaired) electrons. The van der Waals surface area contributed by atoms with Gasteiger partial charge in [0.1, 0.15) is 5.82 Å². The van der Waals surface area contributed by atoms with Crippen molar-refractivity contribution in [2.75, 3.05) is 38.7 Å². The van der Waals surface area contributed by atoms with Crippen molar-refractivity contribution in [3.63, 3.8) is 0 Å². The van der Waals surface area contributed by atoms with E-state index in [4.69, 9.17) is 21.1 Å². The Kier molecular flexibility index (Phi) is 8.94. The van der Waals surface area contributed by atoms with Gasteiger partial charge in [0.25, 0.3) is 0 Å². The molecule has 0 aliphatic carbocycles. The lowest BCUT2D eigenvalue weighted by molar-refractivity contribution is 0.203. The molecule has 2 aromatic carbocycles. The molecule has 1 fully saturated rings. The lowest BCUT2D eigenvalue weighted by Crippen LogP contribution is -2.31. The van der Waals surface area contributed by atoms with Crippen LogP contribution in [0, 0.1) is 5.82 Å². The van der Waals surface area contributed by atoms with Crippen LogP contribution in [0.3, 0.4) is 0 Å². The van der Waals surface area contributed by atoms with E-state index >= 15 is 0 Å². The number of halogens is 2. The molecule has 0 bridgehead atoms. The summed E-state index contributed by atoms with van der Waals surface area (Å²) < 4.78 is 25.1. The highest BCUT2D eigenvalue weighted by molar-refractivity contribution is 6.31. The molecule has 0 amide bonds. The summed E-state index contributed by atoms with van der Waals surface area (Å²) in [7, 11) is 1.61. The Morgan fingerprint density at radius 2 is 2.00 bits per heavy atom. The van der Waals surface area contributed by atoms with Crippen molar-refractivity contribution in [1.82, 2.24) is 4.90 Å². The van der Waals surface area contributed by atoms with Crippen LogP contribution in [0.4, 0.5) is 15.8 Å². The summed E-state index contributed by atoms with van der Waals surface area (Å²) in [5, 5.41) is 3.22. The molecule has 0 saturated carbocycles. The van der Waals surface area contributed by atoms with Crippen LogP contribution in [0.2, 0.25) is 5.02 Å². The van der Waals surface area contributed by atoms with Crippen LogP contribution in [-0.2, 0) is 0 Å². The number of likely N-dealkylation sites (tertiary alicyclic amines) is 1. The number of aliphatic imine (C=N–C) groups is 1. The molecule has 32 heavy (non-hydrogen) atoms. The van der Waals surface area contributed by atoms with Crippen molar-refractivity contribution in [2.45, 2.75) is 32.6 Å². The number of hydrogen-bond acceptors (Lipinski definition) is 5. The molecular formula is C25H31ClFN3O2. The van der Waals surface area contributed by atoms with Crippen molar-refractivity contribution in [1.29, 1.82) is 0 Å². The Morgan fingerprint density at radius 1 is 1.22 bits per heavy atom. The van der Waals surface area contributed by atoms with Gasteiger partial charge < -0.3 is 19.7 Å². The first kappa shape index (κ1) is 24.1. The van der Waals surface area contributed by atoms with Gasteiger partial charge >= 0.3 is 0 Å². The van der Waals surface area contributed by atoms with Crippen LogP contribution < -0.4 is 14.8 Å². The lowest BCUT2D eigenvalue weighted by atomic mass is 10.1. The Balaban J connectivity index is 1.74. The average Bonchev–Trinajstić information content (AvgIpc) is 2.80. The van der Waals surface area contributed by atoms with Gasteiger partial charge in [0.15, 0.2) is 11.5 Å².